The van der Waals surface area contributed by atoms with Crippen LogP contribution in [0.1, 0.15) is 36.6 Å². The molecule has 2 aromatic rings. The number of thioether (sulfide) groups is 1. The molecule has 4 atom stereocenters. The SMILES string of the molecule is CC1(C)S[C@@H]2C(NC(=O)C(NC(=O)Cc3ccc(C(=N)N)cc3)c3ccccc3)C(=O)N2[C@H]1C(=O)O. The maximum absolute atomic E-state index is 13.3. The van der Waals surface area contributed by atoms with Crippen LogP contribution < -0.4 is 16.4 Å². The first-order valence-electron chi connectivity index (χ1n) is 11.3. The van der Waals surface area contributed by atoms with Crippen LogP contribution in [0.25, 0.3) is 0 Å². The van der Waals surface area contributed by atoms with Gasteiger partial charge in [0.2, 0.25) is 17.7 Å². The van der Waals surface area contributed by atoms with Crippen molar-refractivity contribution in [2.24, 2.45) is 5.73 Å². The topological polar surface area (TPSA) is 166 Å². The number of nitrogens with one attached hydrogen (secondary N) is 3. The summed E-state index contributed by atoms with van der Waals surface area (Å²) in [6.45, 7) is 3.52. The number of carbonyl (C=O) groups excluding carboxylic acids is 3. The summed E-state index contributed by atoms with van der Waals surface area (Å²) in [4.78, 5) is 52.0. The molecule has 0 aliphatic carbocycles. The molecule has 2 unspecified atom stereocenters. The van der Waals surface area contributed by atoms with Crippen molar-refractivity contribution in [2.45, 2.75) is 48.5 Å². The van der Waals surface area contributed by atoms with Gasteiger partial charge in [-0.05, 0) is 25.0 Å². The number of carboxylic acid groups (broad SMARTS) is 1. The van der Waals surface area contributed by atoms with Gasteiger partial charge in [-0.1, -0.05) is 54.6 Å². The van der Waals surface area contributed by atoms with E-state index in [0.29, 0.717) is 16.7 Å². The van der Waals surface area contributed by atoms with E-state index in [1.165, 1.54) is 16.7 Å². The van der Waals surface area contributed by atoms with Crippen LogP contribution in [0, 0.1) is 5.41 Å². The molecule has 2 aliphatic heterocycles. The molecule has 0 spiro atoms. The van der Waals surface area contributed by atoms with Gasteiger partial charge in [0.15, 0.2) is 0 Å². The Morgan fingerprint density at radius 1 is 1.14 bits per heavy atom. The Bertz CT molecular complexity index is 1220. The first-order valence-corrected chi connectivity index (χ1v) is 12.2. The second kappa shape index (κ2) is 9.65. The van der Waals surface area contributed by atoms with Crippen LogP contribution >= 0.6 is 11.8 Å². The molecule has 2 aromatic carbocycles. The number of amidine groups is 1. The van der Waals surface area contributed by atoms with E-state index in [-0.39, 0.29) is 12.3 Å². The number of benzene rings is 2. The Hall–Kier alpha value is -3.86. The Balaban J connectivity index is 1.47. The predicted octanol–water partition coefficient (Wildman–Crippen LogP) is 1.00. The van der Waals surface area contributed by atoms with Crippen LogP contribution in [0.3, 0.4) is 0 Å². The van der Waals surface area contributed by atoms with Gasteiger partial charge < -0.3 is 26.4 Å². The van der Waals surface area contributed by atoms with Gasteiger partial charge in [-0.15, -0.1) is 11.8 Å². The lowest BCUT2D eigenvalue weighted by molar-refractivity contribution is -0.161. The maximum atomic E-state index is 13.3. The summed E-state index contributed by atoms with van der Waals surface area (Å²) < 4.78 is -0.712. The first kappa shape index (κ1) is 25.2. The number of hydrogen-bond acceptors (Lipinski definition) is 6. The summed E-state index contributed by atoms with van der Waals surface area (Å²) >= 11 is 1.33. The number of carbonyl (C=O) groups is 4. The lowest BCUT2D eigenvalue weighted by Gasteiger charge is -2.44. The standard InChI is InChI=1S/C25H27N5O5S/c1-25(2)19(24(34)35)30-22(33)18(23(30)36-25)29-21(32)17(14-6-4-3-5-7-14)28-16(31)12-13-8-10-15(11-9-13)20(26)27/h3-11,17-19,23H,12H2,1-2H3,(H3,26,27)(H,28,31)(H,29,32)(H,34,35)/t17?,18?,19-,23+/m0/s1. The zero-order valence-corrected chi connectivity index (χ0v) is 20.5. The van der Waals surface area contributed by atoms with Crippen molar-refractivity contribution >= 4 is 41.3 Å². The molecule has 11 heteroatoms. The first-order chi connectivity index (χ1) is 17.0. The van der Waals surface area contributed by atoms with Crippen molar-refractivity contribution in [1.29, 1.82) is 5.41 Å². The second-order valence-electron chi connectivity index (χ2n) is 9.28. The predicted molar refractivity (Wildman–Crippen MR) is 134 cm³/mol. The minimum Gasteiger partial charge on any atom is -0.480 e. The quantitative estimate of drug-likeness (QED) is 0.201. The molecule has 0 aromatic heterocycles. The monoisotopic (exact) mass is 509 g/mol. The third-order valence-electron chi connectivity index (χ3n) is 6.30. The minimum atomic E-state index is -1.08. The van der Waals surface area contributed by atoms with Gasteiger partial charge in [-0.2, -0.15) is 0 Å². The molecular formula is C25H27N5O5S. The van der Waals surface area contributed by atoms with Crippen LogP contribution in [0.4, 0.5) is 0 Å². The maximum Gasteiger partial charge on any atom is 0.327 e. The molecule has 2 heterocycles. The molecule has 2 fully saturated rings. The fourth-order valence-corrected chi connectivity index (χ4v) is 6.15. The van der Waals surface area contributed by atoms with E-state index in [9.17, 15) is 24.3 Å². The molecule has 3 amide bonds. The molecule has 2 saturated heterocycles. The third kappa shape index (κ3) is 4.78. The van der Waals surface area contributed by atoms with Crippen LogP contribution in [0.5, 0.6) is 0 Å². The molecule has 4 rings (SSSR count). The van der Waals surface area contributed by atoms with Crippen LogP contribution in [-0.4, -0.2) is 61.7 Å². The van der Waals surface area contributed by atoms with E-state index in [0.717, 1.165) is 0 Å². The van der Waals surface area contributed by atoms with E-state index in [1.54, 1.807) is 68.4 Å². The molecule has 6 N–H and O–H groups in total. The van der Waals surface area contributed by atoms with Gasteiger partial charge in [0, 0.05) is 10.3 Å². The highest BCUT2D eigenvalue weighted by Crippen LogP contribution is 2.50. The van der Waals surface area contributed by atoms with Crippen molar-refractivity contribution in [3.8, 4) is 0 Å². The van der Waals surface area contributed by atoms with Crippen molar-refractivity contribution in [2.75, 3.05) is 0 Å². The van der Waals surface area contributed by atoms with Gasteiger partial charge in [0.25, 0.3) is 0 Å². The normalized spacial score (nSPS) is 22.7. The van der Waals surface area contributed by atoms with E-state index in [1.807, 2.05) is 0 Å². The number of hydrogen-bond donors (Lipinski definition) is 5. The van der Waals surface area contributed by atoms with Crippen LogP contribution in [0.2, 0.25) is 0 Å². The fourth-order valence-electron chi connectivity index (χ4n) is 4.53. The van der Waals surface area contributed by atoms with Crippen molar-refractivity contribution < 1.29 is 24.3 Å². The molecule has 36 heavy (non-hydrogen) atoms. The number of nitrogens with zero attached hydrogens (tertiary/aromatic N) is 1. The summed E-state index contributed by atoms with van der Waals surface area (Å²) in [5, 5.41) is 22.0. The summed E-state index contributed by atoms with van der Waals surface area (Å²) in [5.74, 6) is -2.58. The Morgan fingerprint density at radius 3 is 2.36 bits per heavy atom. The average molecular weight is 510 g/mol. The highest BCUT2D eigenvalue weighted by molar-refractivity contribution is 8.01. The highest BCUT2D eigenvalue weighted by Gasteiger charge is 2.64. The zero-order chi connectivity index (χ0) is 26.2. The molecule has 0 radical (unpaired) electrons. The molecule has 188 valence electrons. The van der Waals surface area contributed by atoms with Crippen molar-refractivity contribution in [3.63, 3.8) is 0 Å². The number of nitrogens with two attached hydrogens (primary N) is 1. The van der Waals surface area contributed by atoms with E-state index in [2.05, 4.69) is 10.6 Å². The van der Waals surface area contributed by atoms with Gasteiger partial charge >= 0.3 is 5.97 Å². The number of fused-ring (bicyclic) bond motifs is 1. The number of nitrogen functional groups attached to an aromatic ring is 1. The summed E-state index contributed by atoms with van der Waals surface area (Å²) in [5.41, 5.74) is 7.23. The van der Waals surface area contributed by atoms with E-state index in [4.69, 9.17) is 11.1 Å². The molecule has 0 saturated carbocycles. The fraction of sp³-hybridized carbons (Fsp3) is 0.320. The lowest BCUT2D eigenvalue weighted by Crippen LogP contribution is -2.71. The molecule has 2 aliphatic rings. The summed E-state index contributed by atoms with van der Waals surface area (Å²) in [6, 6.07) is 12.4. The minimum absolute atomic E-state index is 0.00209. The Morgan fingerprint density at radius 2 is 1.78 bits per heavy atom. The number of carboxylic acids is 1. The van der Waals surface area contributed by atoms with Gasteiger partial charge in [0.1, 0.15) is 29.3 Å². The Kier molecular flexibility index (Phi) is 6.77. The number of aliphatic carboxylic acids is 1. The van der Waals surface area contributed by atoms with Gasteiger partial charge in [-0.3, -0.25) is 19.8 Å². The third-order valence-corrected chi connectivity index (χ3v) is 7.87. The zero-order valence-electron chi connectivity index (χ0n) is 19.7. The van der Waals surface area contributed by atoms with Gasteiger partial charge in [0.05, 0.1) is 6.42 Å². The average Bonchev–Trinajstić information content (AvgIpc) is 3.09. The Labute approximate surface area is 212 Å². The summed E-state index contributed by atoms with van der Waals surface area (Å²) in [7, 11) is 0. The summed E-state index contributed by atoms with van der Waals surface area (Å²) in [6.07, 6.45) is -0.00209. The molecule has 0 bridgehead atoms. The molecular weight excluding hydrogens is 482 g/mol. The van der Waals surface area contributed by atoms with Crippen LogP contribution in [0.15, 0.2) is 54.6 Å². The van der Waals surface area contributed by atoms with E-state index >= 15 is 0 Å². The smallest absolute Gasteiger partial charge is 0.327 e. The van der Waals surface area contributed by atoms with Crippen molar-refractivity contribution in [3.05, 3.63) is 71.3 Å². The van der Waals surface area contributed by atoms with Crippen molar-refractivity contribution in [1.82, 2.24) is 15.5 Å². The highest BCUT2D eigenvalue weighted by atomic mass is 32.2. The number of amides is 3. The second-order valence-corrected chi connectivity index (χ2v) is 11.1. The largest absolute Gasteiger partial charge is 0.480 e. The van der Waals surface area contributed by atoms with Gasteiger partial charge in [-0.25, -0.2) is 4.79 Å². The van der Waals surface area contributed by atoms with E-state index < -0.39 is 51.9 Å². The lowest BCUT2D eigenvalue weighted by atomic mass is 9.95. The number of β-lactam (4-membered cyclic amide) rings is 1. The number of rotatable bonds is 8. The molecule has 10 nitrogen and oxygen atoms in total. The van der Waals surface area contributed by atoms with Crippen LogP contribution in [-0.2, 0) is 25.6 Å².